The zero-order valence-corrected chi connectivity index (χ0v) is 25.2. The van der Waals surface area contributed by atoms with Crippen LogP contribution in [0.1, 0.15) is 80.1 Å². The predicted octanol–water partition coefficient (Wildman–Crippen LogP) is 7.11. The summed E-state index contributed by atoms with van der Waals surface area (Å²) in [5.74, 6) is -2.16. The number of carbonyl (C=O) groups is 4. The van der Waals surface area contributed by atoms with Crippen LogP contribution in [0.2, 0.25) is 0 Å². The van der Waals surface area contributed by atoms with Crippen LogP contribution >= 0.6 is 0 Å². The molecule has 40 heavy (non-hydrogen) atoms. The Hall–Kier alpha value is -3.80. The Morgan fingerprint density at radius 2 is 0.950 bits per heavy atom. The summed E-state index contributed by atoms with van der Waals surface area (Å²) < 4.78 is 10.4. The first-order valence-corrected chi connectivity index (χ1v) is 13.6. The zero-order chi connectivity index (χ0) is 30.0. The molecular formula is C34H42O6. The lowest BCUT2D eigenvalue weighted by molar-refractivity contribution is -0.119. The Bertz CT molecular complexity index is 1210. The number of carbonyl (C=O) groups excluding carboxylic acids is 4. The van der Waals surface area contributed by atoms with Crippen molar-refractivity contribution in [1.29, 1.82) is 0 Å². The minimum absolute atomic E-state index is 0.0329. The van der Waals surface area contributed by atoms with Crippen molar-refractivity contribution in [1.82, 2.24) is 0 Å². The minimum atomic E-state index is -0.533. The Labute approximate surface area is 238 Å². The van der Waals surface area contributed by atoms with Crippen LogP contribution in [0.3, 0.4) is 0 Å². The average Bonchev–Trinajstić information content (AvgIpc) is 2.88. The van der Waals surface area contributed by atoms with Crippen LogP contribution < -0.4 is 0 Å². The summed E-state index contributed by atoms with van der Waals surface area (Å²) >= 11 is 0. The Balaban J connectivity index is 2.64. The third-order valence-electron chi connectivity index (χ3n) is 6.80. The molecule has 6 heteroatoms. The second-order valence-corrected chi connectivity index (χ2v) is 10.7. The number of hydrogen-bond acceptors (Lipinski definition) is 6. The van der Waals surface area contributed by atoms with Crippen LogP contribution in [0.15, 0.2) is 92.6 Å². The van der Waals surface area contributed by atoms with Crippen LogP contribution in [0, 0.1) is 0 Å². The molecule has 0 fully saturated rings. The summed E-state index contributed by atoms with van der Waals surface area (Å²) in [6.45, 7) is 12.1. The number of Topliss-reactive ketones (excluding diaryl/α,β-unsaturated/α-hetero) is 2. The number of rotatable bonds is 13. The molecule has 0 amide bonds. The van der Waals surface area contributed by atoms with Gasteiger partial charge in [0.15, 0.2) is 23.1 Å². The highest BCUT2D eigenvalue weighted by atomic mass is 16.5. The van der Waals surface area contributed by atoms with E-state index in [1.54, 1.807) is 0 Å². The summed E-state index contributed by atoms with van der Waals surface area (Å²) in [6.07, 6.45) is 13.9. The van der Waals surface area contributed by atoms with Crippen molar-refractivity contribution < 1.29 is 28.7 Å². The van der Waals surface area contributed by atoms with Gasteiger partial charge in [-0.1, -0.05) is 46.6 Å². The molecule has 2 aliphatic carbocycles. The lowest BCUT2D eigenvalue weighted by atomic mass is 9.79. The SMILES string of the molecule is COC1=CC(=O)C(C2=C(C/C=C(\C)CCC=C(C)C)C(=O)C(OC)=CC2=O)=C(C/C=C(\C)CCC=C(C)C)C1=O. The van der Waals surface area contributed by atoms with E-state index in [2.05, 4.69) is 12.2 Å². The van der Waals surface area contributed by atoms with Crippen LogP contribution in [-0.2, 0) is 28.7 Å². The first-order valence-electron chi connectivity index (χ1n) is 13.6. The number of allylic oxidation sites excluding steroid dienone is 14. The lowest BCUT2D eigenvalue weighted by Gasteiger charge is -2.23. The summed E-state index contributed by atoms with van der Waals surface area (Å²) in [5, 5.41) is 0. The minimum Gasteiger partial charge on any atom is -0.493 e. The molecule has 2 aliphatic rings. The number of methoxy groups -OCH3 is 2. The van der Waals surface area contributed by atoms with E-state index >= 15 is 0 Å². The third kappa shape index (κ3) is 8.60. The fourth-order valence-corrected chi connectivity index (χ4v) is 4.51. The number of ether oxygens (including phenoxy) is 2. The molecule has 0 saturated carbocycles. The molecule has 0 spiro atoms. The van der Waals surface area contributed by atoms with Gasteiger partial charge in [-0.3, -0.25) is 19.2 Å². The average molecular weight is 547 g/mol. The summed E-state index contributed by atoms with van der Waals surface area (Å²) in [7, 11) is 2.66. The van der Waals surface area contributed by atoms with E-state index in [0.717, 1.165) is 49.0 Å². The van der Waals surface area contributed by atoms with Gasteiger partial charge in [-0.25, -0.2) is 0 Å². The van der Waals surface area contributed by atoms with Gasteiger partial charge in [-0.15, -0.1) is 0 Å². The number of hydrogen-bond donors (Lipinski definition) is 0. The Morgan fingerprint density at radius 1 is 0.600 bits per heavy atom. The van der Waals surface area contributed by atoms with Gasteiger partial charge in [0.25, 0.3) is 0 Å². The van der Waals surface area contributed by atoms with Gasteiger partial charge >= 0.3 is 0 Å². The maximum Gasteiger partial charge on any atom is 0.224 e. The van der Waals surface area contributed by atoms with Crippen LogP contribution in [0.4, 0.5) is 0 Å². The molecule has 0 heterocycles. The van der Waals surface area contributed by atoms with Crippen molar-refractivity contribution in [2.45, 2.75) is 80.1 Å². The Morgan fingerprint density at radius 3 is 1.25 bits per heavy atom. The van der Waals surface area contributed by atoms with E-state index < -0.39 is 23.1 Å². The molecule has 0 aromatic heterocycles. The van der Waals surface area contributed by atoms with Gasteiger partial charge in [-0.05, 0) is 80.1 Å². The van der Waals surface area contributed by atoms with Gasteiger partial charge in [0.05, 0.1) is 14.2 Å². The highest BCUT2D eigenvalue weighted by Gasteiger charge is 2.38. The molecule has 6 nitrogen and oxygen atoms in total. The van der Waals surface area contributed by atoms with Crippen LogP contribution in [0.25, 0.3) is 0 Å². The first kappa shape index (κ1) is 32.4. The third-order valence-corrected chi connectivity index (χ3v) is 6.80. The van der Waals surface area contributed by atoms with E-state index in [9.17, 15) is 19.2 Å². The van der Waals surface area contributed by atoms with Gasteiger partial charge in [-0.2, -0.15) is 0 Å². The molecule has 0 unspecified atom stereocenters. The Kier molecular flexibility index (Phi) is 12.2. The fraction of sp³-hybridized carbons (Fsp3) is 0.412. The van der Waals surface area contributed by atoms with Crippen molar-refractivity contribution in [2.75, 3.05) is 14.2 Å². The van der Waals surface area contributed by atoms with Crippen molar-refractivity contribution in [3.05, 3.63) is 92.6 Å². The maximum atomic E-state index is 13.4. The molecular weight excluding hydrogens is 504 g/mol. The van der Waals surface area contributed by atoms with E-state index in [4.69, 9.17) is 9.47 Å². The summed E-state index contributed by atoms with van der Waals surface area (Å²) in [6, 6.07) is 0. The van der Waals surface area contributed by atoms with Crippen molar-refractivity contribution in [3.63, 3.8) is 0 Å². The molecule has 0 bridgehead atoms. The molecule has 0 radical (unpaired) electrons. The maximum absolute atomic E-state index is 13.4. The fourth-order valence-electron chi connectivity index (χ4n) is 4.51. The first-order chi connectivity index (χ1) is 18.9. The van der Waals surface area contributed by atoms with E-state index in [1.165, 1.54) is 25.4 Å². The van der Waals surface area contributed by atoms with Crippen molar-refractivity contribution >= 4 is 23.1 Å². The smallest absolute Gasteiger partial charge is 0.224 e. The normalized spacial score (nSPS) is 16.7. The molecule has 0 aromatic carbocycles. The van der Waals surface area contributed by atoms with Crippen LogP contribution in [0.5, 0.6) is 0 Å². The lowest BCUT2D eigenvalue weighted by Crippen LogP contribution is -2.28. The predicted molar refractivity (Wildman–Crippen MR) is 158 cm³/mol. The van der Waals surface area contributed by atoms with Gasteiger partial charge in [0, 0.05) is 34.4 Å². The molecule has 0 N–H and O–H groups in total. The summed E-state index contributed by atoms with van der Waals surface area (Å²) in [5.41, 5.74) is 4.79. The second-order valence-electron chi connectivity index (χ2n) is 10.7. The second kappa shape index (κ2) is 15.1. The molecule has 214 valence electrons. The molecule has 0 aromatic rings. The highest BCUT2D eigenvalue weighted by Crippen LogP contribution is 2.35. The largest absolute Gasteiger partial charge is 0.493 e. The van der Waals surface area contributed by atoms with Crippen molar-refractivity contribution in [2.24, 2.45) is 0 Å². The number of ketones is 4. The van der Waals surface area contributed by atoms with Gasteiger partial charge < -0.3 is 9.47 Å². The molecule has 0 aliphatic heterocycles. The molecule has 0 saturated heterocycles. The van der Waals surface area contributed by atoms with E-state index in [-0.39, 0.29) is 46.7 Å². The topological polar surface area (TPSA) is 86.7 Å². The molecule has 2 rings (SSSR count). The van der Waals surface area contributed by atoms with Crippen molar-refractivity contribution in [3.8, 4) is 0 Å². The van der Waals surface area contributed by atoms with Gasteiger partial charge in [0.2, 0.25) is 11.6 Å². The monoisotopic (exact) mass is 546 g/mol. The van der Waals surface area contributed by atoms with E-state index in [1.807, 2.05) is 53.7 Å². The standard InChI is InChI=1S/C34H42O6/c1-21(2)11-9-13-23(5)15-17-25-31(27(35)19-29(39-7)33(25)37)32-26(34(38)30(40-8)20-28(32)36)18-16-24(6)14-10-12-22(3)4/h11-12,15-16,19-20H,9-10,13-14,17-18H2,1-8H3/b23-15+,24-16+. The van der Waals surface area contributed by atoms with E-state index in [0.29, 0.717) is 0 Å². The molecule has 0 atom stereocenters. The quantitative estimate of drug-likeness (QED) is 0.181. The van der Waals surface area contributed by atoms with Gasteiger partial charge in [0.1, 0.15) is 0 Å². The van der Waals surface area contributed by atoms with Crippen LogP contribution in [-0.4, -0.2) is 37.4 Å². The summed E-state index contributed by atoms with van der Waals surface area (Å²) in [4.78, 5) is 53.7. The highest BCUT2D eigenvalue weighted by molar-refractivity contribution is 6.32. The zero-order valence-electron chi connectivity index (χ0n) is 25.2.